The molecule has 0 saturated heterocycles. The SMILES string of the molecule is OCCn1cc(CNc2cccc3cnccc23)cn1. The highest BCUT2D eigenvalue weighted by Crippen LogP contribution is 2.22. The summed E-state index contributed by atoms with van der Waals surface area (Å²) in [6.07, 6.45) is 7.41. The fraction of sp³-hybridized carbons (Fsp3) is 0.200. The van der Waals surface area contributed by atoms with Crippen molar-refractivity contribution in [2.45, 2.75) is 13.1 Å². The minimum Gasteiger partial charge on any atom is -0.394 e. The summed E-state index contributed by atoms with van der Waals surface area (Å²) in [6.45, 7) is 1.33. The molecule has 2 N–H and O–H groups in total. The Kier molecular flexibility index (Phi) is 3.60. The van der Waals surface area contributed by atoms with Crippen LogP contribution in [0.4, 0.5) is 5.69 Å². The van der Waals surface area contributed by atoms with Crippen molar-refractivity contribution in [3.63, 3.8) is 0 Å². The van der Waals surface area contributed by atoms with Gasteiger partial charge in [0, 0.05) is 47.2 Å². The highest BCUT2D eigenvalue weighted by molar-refractivity contribution is 5.93. The Morgan fingerprint density at radius 3 is 3.05 bits per heavy atom. The molecule has 2 heterocycles. The van der Waals surface area contributed by atoms with Gasteiger partial charge in [0.15, 0.2) is 0 Å². The van der Waals surface area contributed by atoms with Crippen molar-refractivity contribution < 1.29 is 5.11 Å². The first-order valence-electron chi connectivity index (χ1n) is 6.55. The second-order valence-electron chi connectivity index (χ2n) is 4.59. The average molecular weight is 268 g/mol. The van der Waals surface area contributed by atoms with E-state index in [0.29, 0.717) is 13.1 Å². The molecule has 0 amide bonds. The zero-order valence-electron chi connectivity index (χ0n) is 11.0. The van der Waals surface area contributed by atoms with E-state index in [4.69, 9.17) is 5.11 Å². The first kappa shape index (κ1) is 12.6. The van der Waals surface area contributed by atoms with Gasteiger partial charge in [-0.1, -0.05) is 12.1 Å². The second-order valence-corrected chi connectivity index (χ2v) is 4.59. The van der Waals surface area contributed by atoms with Crippen molar-refractivity contribution in [1.82, 2.24) is 14.8 Å². The van der Waals surface area contributed by atoms with E-state index in [0.717, 1.165) is 22.0 Å². The summed E-state index contributed by atoms with van der Waals surface area (Å²) in [6, 6.07) is 8.13. The topological polar surface area (TPSA) is 63.0 Å². The van der Waals surface area contributed by atoms with Gasteiger partial charge < -0.3 is 10.4 Å². The molecule has 5 nitrogen and oxygen atoms in total. The molecule has 0 radical (unpaired) electrons. The van der Waals surface area contributed by atoms with E-state index < -0.39 is 0 Å². The van der Waals surface area contributed by atoms with Crippen molar-refractivity contribution in [2.75, 3.05) is 11.9 Å². The Labute approximate surface area is 116 Å². The summed E-state index contributed by atoms with van der Waals surface area (Å²) in [5.41, 5.74) is 2.17. The number of hydrogen-bond donors (Lipinski definition) is 2. The summed E-state index contributed by atoms with van der Waals surface area (Å²) in [5, 5.41) is 18.8. The molecule has 0 bridgehead atoms. The maximum atomic E-state index is 8.87. The van der Waals surface area contributed by atoms with Crippen molar-refractivity contribution in [3.05, 3.63) is 54.6 Å². The van der Waals surface area contributed by atoms with Crippen LogP contribution in [0.3, 0.4) is 0 Å². The van der Waals surface area contributed by atoms with Crippen LogP contribution in [0.15, 0.2) is 49.1 Å². The molecule has 20 heavy (non-hydrogen) atoms. The Hall–Kier alpha value is -2.40. The van der Waals surface area contributed by atoms with Crippen LogP contribution in [0.2, 0.25) is 0 Å². The third-order valence-corrected chi connectivity index (χ3v) is 3.18. The largest absolute Gasteiger partial charge is 0.394 e. The van der Waals surface area contributed by atoms with Crippen LogP contribution in [-0.2, 0) is 13.1 Å². The molecule has 5 heteroatoms. The van der Waals surface area contributed by atoms with Crippen LogP contribution in [0.1, 0.15) is 5.56 Å². The van der Waals surface area contributed by atoms with Gasteiger partial charge in [0.05, 0.1) is 19.3 Å². The van der Waals surface area contributed by atoms with Crippen molar-refractivity contribution in [2.24, 2.45) is 0 Å². The second kappa shape index (κ2) is 5.71. The summed E-state index contributed by atoms with van der Waals surface area (Å²) in [4.78, 5) is 4.13. The van der Waals surface area contributed by atoms with Gasteiger partial charge in [-0.3, -0.25) is 9.67 Å². The van der Waals surface area contributed by atoms with Crippen LogP contribution in [0, 0.1) is 0 Å². The monoisotopic (exact) mass is 268 g/mol. The minimum atomic E-state index is 0.102. The minimum absolute atomic E-state index is 0.102. The Balaban J connectivity index is 1.76. The van der Waals surface area contributed by atoms with Crippen LogP contribution in [0.25, 0.3) is 10.8 Å². The van der Waals surface area contributed by atoms with Gasteiger partial charge in [0.25, 0.3) is 0 Å². The number of benzene rings is 1. The normalized spacial score (nSPS) is 10.8. The number of pyridine rings is 1. The molecule has 0 unspecified atom stereocenters. The lowest BCUT2D eigenvalue weighted by molar-refractivity contribution is 0.269. The quantitative estimate of drug-likeness (QED) is 0.743. The van der Waals surface area contributed by atoms with Gasteiger partial charge in [-0.15, -0.1) is 0 Å². The zero-order chi connectivity index (χ0) is 13.8. The maximum absolute atomic E-state index is 8.87. The molecule has 0 spiro atoms. The first-order chi connectivity index (χ1) is 9.86. The Morgan fingerprint density at radius 2 is 2.15 bits per heavy atom. The van der Waals surface area contributed by atoms with E-state index in [9.17, 15) is 0 Å². The van der Waals surface area contributed by atoms with E-state index in [2.05, 4.69) is 21.5 Å². The highest BCUT2D eigenvalue weighted by Gasteiger charge is 2.02. The lowest BCUT2D eigenvalue weighted by Gasteiger charge is -2.08. The molecule has 0 atom stereocenters. The summed E-state index contributed by atoms with van der Waals surface area (Å²) in [7, 11) is 0. The molecular weight excluding hydrogens is 252 g/mol. The summed E-state index contributed by atoms with van der Waals surface area (Å²) >= 11 is 0. The zero-order valence-corrected chi connectivity index (χ0v) is 11.0. The van der Waals surface area contributed by atoms with E-state index >= 15 is 0 Å². The van der Waals surface area contributed by atoms with E-state index in [1.807, 2.05) is 36.8 Å². The van der Waals surface area contributed by atoms with E-state index in [-0.39, 0.29) is 6.61 Å². The van der Waals surface area contributed by atoms with Gasteiger partial charge in [-0.05, 0) is 12.1 Å². The van der Waals surface area contributed by atoms with Crippen LogP contribution in [-0.4, -0.2) is 26.5 Å². The molecule has 2 aromatic heterocycles. The van der Waals surface area contributed by atoms with Crippen molar-refractivity contribution in [1.29, 1.82) is 0 Å². The molecular formula is C15H16N4O. The van der Waals surface area contributed by atoms with Crippen LogP contribution < -0.4 is 5.32 Å². The Morgan fingerprint density at radius 1 is 1.20 bits per heavy atom. The summed E-state index contributed by atoms with van der Waals surface area (Å²) < 4.78 is 1.74. The first-order valence-corrected chi connectivity index (χ1v) is 6.55. The lowest BCUT2D eigenvalue weighted by atomic mass is 10.1. The molecule has 0 aliphatic heterocycles. The number of aromatic nitrogens is 3. The number of aliphatic hydroxyl groups is 1. The number of hydrogen-bond acceptors (Lipinski definition) is 4. The van der Waals surface area contributed by atoms with Gasteiger partial charge in [-0.2, -0.15) is 5.10 Å². The maximum Gasteiger partial charge on any atom is 0.0640 e. The van der Waals surface area contributed by atoms with E-state index in [1.165, 1.54) is 0 Å². The van der Waals surface area contributed by atoms with Gasteiger partial charge in [-0.25, -0.2) is 0 Å². The molecule has 0 aliphatic carbocycles. The number of rotatable bonds is 5. The molecule has 0 saturated carbocycles. The van der Waals surface area contributed by atoms with E-state index in [1.54, 1.807) is 10.9 Å². The van der Waals surface area contributed by atoms with Crippen LogP contribution >= 0.6 is 0 Å². The van der Waals surface area contributed by atoms with Gasteiger partial charge >= 0.3 is 0 Å². The fourth-order valence-corrected chi connectivity index (χ4v) is 2.20. The third-order valence-electron chi connectivity index (χ3n) is 3.18. The number of fused-ring (bicyclic) bond motifs is 1. The number of nitrogens with one attached hydrogen (secondary N) is 1. The molecule has 0 aliphatic rings. The average Bonchev–Trinajstić information content (AvgIpc) is 2.93. The number of aliphatic hydroxyl groups excluding tert-OH is 1. The smallest absolute Gasteiger partial charge is 0.0640 e. The lowest BCUT2D eigenvalue weighted by Crippen LogP contribution is -2.02. The van der Waals surface area contributed by atoms with Gasteiger partial charge in [0.1, 0.15) is 0 Å². The molecule has 1 aromatic carbocycles. The van der Waals surface area contributed by atoms with Crippen molar-refractivity contribution >= 4 is 16.5 Å². The molecule has 3 rings (SSSR count). The van der Waals surface area contributed by atoms with Crippen molar-refractivity contribution in [3.8, 4) is 0 Å². The predicted molar refractivity (Wildman–Crippen MR) is 78.4 cm³/mol. The molecule has 102 valence electrons. The highest BCUT2D eigenvalue weighted by atomic mass is 16.3. The summed E-state index contributed by atoms with van der Waals surface area (Å²) in [5.74, 6) is 0. The Bertz CT molecular complexity index is 702. The third kappa shape index (κ3) is 2.62. The number of nitrogens with zero attached hydrogens (tertiary/aromatic N) is 3. The van der Waals surface area contributed by atoms with Crippen LogP contribution in [0.5, 0.6) is 0 Å². The standard InChI is InChI=1S/C15H16N4O/c20-7-6-19-11-12(9-18-19)8-17-15-3-1-2-13-10-16-5-4-14(13)15/h1-5,9-11,17,20H,6-8H2. The molecule has 0 fully saturated rings. The predicted octanol–water partition coefficient (Wildman–Crippen LogP) is 2.04. The number of anilines is 1. The molecule has 3 aromatic rings. The van der Waals surface area contributed by atoms with Gasteiger partial charge in [0.2, 0.25) is 0 Å². The fourth-order valence-electron chi connectivity index (χ4n) is 2.20.